The first-order valence-electron chi connectivity index (χ1n) is 7.27. The van der Waals surface area contributed by atoms with Crippen LogP contribution >= 0.6 is 0 Å². The third kappa shape index (κ3) is 2.42. The zero-order valence-electron chi connectivity index (χ0n) is 13.1. The second kappa shape index (κ2) is 5.39. The second-order valence-corrected chi connectivity index (χ2v) is 5.69. The number of hydrogen-bond acceptors (Lipinski definition) is 3. The summed E-state index contributed by atoms with van der Waals surface area (Å²) in [5.41, 5.74) is 3.27. The molecule has 0 fully saturated rings. The lowest BCUT2D eigenvalue weighted by atomic mass is 9.99. The van der Waals surface area contributed by atoms with Gasteiger partial charge in [0.15, 0.2) is 11.0 Å². The summed E-state index contributed by atoms with van der Waals surface area (Å²) in [5, 5.41) is 9.62. The highest BCUT2D eigenvalue weighted by atomic mass is 16.4. The molecule has 0 bridgehead atoms. The molecule has 0 aliphatic heterocycles. The smallest absolute Gasteiger partial charge is 0.339 e. The normalized spacial score (nSPS) is 10.9. The fourth-order valence-corrected chi connectivity index (χ4v) is 2.80. The molecule has 3 aromatic rings. The fraction of sp³-hybridized carbons (Fsp3) is 0.158. The van der Waals surface area contributed by atoms with E-state index in [1.165, 1.54) is 6.07 Å². The highest BCUT2D eigenvalue weighted by Crippen LogP contribution is 2.30. The molecule has 4 heteroatoms. The van der Waals surface area contributed by atoms with Gasteiger partial charge in [0.25, 0.3) is 0 Å². The molecule has 0 radical (unpaired) electrons. The lowest BCUT2D eigenvalue weighted by Gasteiger charge is -2.11. The Labute approximate surface area is 133 Å². The topological polar surface area (TPSA) is 67.5 Å². The van der Waals surface area contributed by atoms with E-state index in [0.717, 1.165) is 16.7 Å². The molecule has 0 amide bonds. The third-order valence-electron chi connectivity index (χ3n) is 4.00. The Morgan fingerprint density at radius 2 is 1.83 bits per heavy atom. The van der Waals surface area contributed by atoms with E-state index < -0.39 is 5.97 Å². The molecule has 116 valence electrons. The minimum atomic E-state index is -1.12. The minimum absolute atomic E-state index is 0.00869. The lowest BCUT2D eigenvalue weighted by Crippen LogP contribution is -2.10. The van der Waals surface area contributed by atoms with Crippen LogP contribution in [0.2, 0.25) is 0 Å². The maximum Gasteiger partial charge on any atom is 0.339 e. The van der Waals surface area contributed by atoms with Gasteiger partial charge in [0.2, 0.25) is 0 Å². The molecular formula is C19H16O4. The van der Waals surface area contributed by atoms with E-state index in [0.29, 0.717) is 11.3 Å². The first-order valence-corrected chi connectivity index (χ1v) is 7.27. The third-order valence-corrected chi connectivity index (χ3v) is 4.00. The van der Waals surface area contributed by atoms with Crippen LogP contribution in [0.1, 0.15) is 27.0 Å². The number of hydrogen-bond donors (Lipinski definition) is 1. The van der Waals surface area contributed by atoms with E-state index in [-0.39, 0.29) is 22.0 Å². The Hall–Kier alpha value is -2.88. The van der Waals surface area contributed by atoms with Gasteiger partial charge >= 0.3 is 5.97 Å². The van der Waals surface area contributed by atoms with Crippen LogP contribution in [0.25, 0.3) is 22.3 Å². The zero-order chi connectivity index (χ0) is 16.7. The fourth-order valence-electron chi connectivity index (χ4n) is 2.80. The number of benzene rings is 2. The monoisotopic (exact) mass is 308 g/mol. The molecule has 4 nitrogen and oxygen atoms in total. The van der Waals surface area contributed by atoms with Crippen molar-refractivity contribution in [1.82, 2.24) is 0 Å². The molecule has 3 rings (SSSR count). The second-order valence-electron chi connectivity index (χ2n) is 5.69. The molecule has 1 aromatic heterocycles. The van der Waals surface area contributed by atoms with Gasteiger partial charge in [-0.25, -0.2) is 4.79 Å². The highest BCUT2D eigenvalue weighted by Gasteiger charge is 2.18. The lowest BCUT2D eigenvalue weighted by molar-refractivity contribution is 0.0698. The summed E-state index contributed by atoms with van der Waals surface area (Å²) < 4.78 is 5.89. The van der Waals surface area contributed by atoms with E-state index in [1.807, 2.05) is 32.0 Å². The maximum atomic E-state index is 12.6. The molecule has 0 atom stereocenters. The van der Waals surface area contributed by atoms with Crippen LogP contribution in [-0.2, 0) is 0 Å². The van der Waals surface area contributed by atoms with Crippen LogP contribution in [0, 0.1) is 20.8 Å². The van der Waals surface area contributed by atoms with Crippen LogP contribution < -0.4 is 5.43 Å². The van der Waals surface area contributed by atoms with Gasteiger partial charge in [0.05, 0.1) is 5.39 Å². The summed E-state index contributed by atoms with van der Waals surface area (Å²) in [4.78, 5) is 24.0. The number of carbonyl (C=O) groups is 1. The van der Waals surface area contributed by atoms with Gasteiger partial charge in [0, 0.05) is 11.1 Å². The molecule has 0 saturated heterocycles. The number of aromatic carboxylic acids is 1. The summed E-state index contributed by atoms with van der Waals surface area (Å²) >= 11 is 0. The average Bonchev–Trinajstić information content (AvgIpc) is 2.50. The molecule has 0 aliphatic carbocycles. The number of rotatable bonds is 2. The van der Waals surface area contributed by atoms with Crippen molar-refractivity contribution in [2.45, 2.75) is 20.8 Å². The maximum absolute atomic E-state index is 12.6. The van der Waals surface area contributed by atoms with Gasteiger partial charge in [-0.2, -0.15) is 0 Å². The largest absolute Gasteiger partial charge is 0.478 e. The predicted molar refractivity (Wildman–Crippen MR) is 89.1 cm³/mol. The van der Waals surface area contributed by atoms with Crippen molar-refractivity contribution in [1.29, 1.82) is 0 Å². The van der Waals surface area contributed by atoms with E-state index in [9.17, 15) is 14.7 Å². The van der Waals surface area contributed by atoms with Crippen molar-refractivity contribution < 1.29 is 14.3 Å². The summed E-state index contributed by atoms with van der Waals surface area (Å²) in [6.07, 6.45) is 0. The number of aryl methyl sites for hydroxylation is 2. The van der Waals surface area contributed by atoms with Crippen LogP contribution in [0.15, 0.2) is 45.6 Å². The van der Waals surface area contributed by atoms with Gasteiger partial charge in [-0.05, 0) is 38.5 Å². The van der Waals surface area contributed by atoms with E-state index in [2.05, 4.69) is 0 Å². The van der Waals surface area contributed by atoms with Crippen LogP contribution in [0.3, 0.4) is 0 Å². The molecular weight excluding hydrogens is 292 g/mol. The first-order chi connectivity index (χ1) is 10.9. The standard InChI is InChI=1S/C19H16O4/c1-10-7-8-13(11(2)9-10)17-12(3)16(20)14-5-4-6-15(19(21)22)18(14)23-17/h4-9H,1-3H3,(H,21,22). The molecule has 1 N–H and O–H groups in total. The number of carboxylic acids is 1. The molecule has 23 heavy (non-hydrogen) atoms. The Morgan fingerprint density at radius 1 is 1.09 bits per heavy atom. The SMILES string of the molecule is Cc1ccc(-c2oc3c(C(=O)O)cccc3c(=O)c2C)c(C)c1. The van der Waals surface area contributed by atoms with Crippen LogP contribution in [0.4, 0.5) is 0 Å². The summed E-state index contributed by atoms with van der Waals surface area (Å²) in [6.45, 7) is 5.63. The van der Waals surface area contributed by atoms with E-state index in [1.54, 1.807) is 19.1 Å². The van der Waals surface area contributed by atoms with Gasteiger partial charge < -0.3 is 9.52 Å². The van der Waals surface area contributed by atoms with Crippen molar-refractivity contribution in [3.05, 3.63) is 68.9 Å². The Kier molecular flexibility index (Phi) is 3.52. The van der Waals surface area contributed by atoms with Gasteiger partial charge in [-0.15, -0.1) is 0 Å². The molecule has 0 unspecified atom stereocenters. The Balaban J connectivity index is 2.43. The van der Waals surface area contributed by atoms with Crippen molar-refractivity contribution in [2.24, 2.45) is 0 Å². The van der Waals surface area contributed by atoms with Gasteiger partial charge in [-0.3, -0.25) is 4.79 Å². The number of carboxylic acid groups (broad SMARTS) is 1. The quantitative estimate of drug-likeness (QED) is 0.774. The highest BCUT2D eigenvalue weighted by molar-refractivity contribution is 6.01. The van der Waals surface area contributed by atoms with Gasteiger partial charge in [-0.1, -0.05) is 29.8 Å². The first kappa shape index (κ1) is 15.0. The summed E-state index contributed by atoms with van der Waals surface area (Å²) in [5.74, 6) is -0.692. The van der Waals surface area contributed by atoms with Crippen molar-refractivity contribution in [3.63, 3.8) is 0 Å². The van der Waals surface area contributed by atoms with Crippen molar-refractivity contribution in [3.8, 4) is 11.3 Å². The minimum Gasteiger partial charge on any atom is -0.478 e. The van der Waals surface area contributed by atoms with Crippen LogP contribution in [0.5, 0.6) is 0 Å². The zero-order valence-corrected chi connectivity index (χ0v) is 13.1. The molecule has 0 aliphatic rings. The van der Waals surface area contributed by atoms with E-state index in [4.69, 9.17) is 4.42 Å². The van der Waals surface area contributed by atoms with Crippen LogP contribution in [-0.4, -0.2) is 11.1 Å². The number of fused-ring (bicyclic) bond motifs is 1. The summed E-state index contributed by atoms with van der Waals surface area (Å²) in [6, 6.07) is 10.4. The molecule has 2 aromatic carbocycles. The van der Waals surface area contributed by atoms with Gasteiger partial charge in [0.1, 0.15) is 11.3 Å². The molecule has 1 heterocycles. The molecule has 0 spiro atoms. The number of para-hydroxylation sites is 1. The summed E-state index contributed by atoms with van der Waals surface area (Å²) in [7, 11) is 0. The average molecular weight is 308 g/mol. The predicted octanol–water partition coefficient (Wildman–Crippen LogP) is 4.08. The van der Waals surface area contributed by atoms with Crippen molar-refractivity contribution in [2.75, 3.05) is 0 Å². The Morgan fingerprint density at radius 3 is 2.48 bits per heavy atom. The molecule has 0 saturated carbocycles. The Bertz CT molecular complexity index is 996. The van der Waals surface area contributed by atoms with Crippen molar-refractivity contribution >= 4 is 16.9 Å². The van der Waals surface area contributed by atoms with E-state index >= 15 is 0 Å².